The maximum absolute atomic E-state index is 13.1. The van der Waals surface area contributed by atoms with E-state index in [1.807, 2.05) is 0 Å². The van der Waals surface area contributed by atoms with Crippen LogP contribution in [0.1, 0.15) is 12.5 Å². The second kappa shape index (κ2) is 5.96. The van der Waals surface area contributed by atoms with Gasteiger partial charge in [0.15, 0.2) is 0 Å². The topological polar surface area (TPSA) is 29.1 Å². The van der Waals surface area contributed by atoms with E-state index in [9.17, 15) is 9.18 Å². The Morgan fingerprint density at radius 3 is 2.87 bits per heavy atom. The van der Waals surface area contributed by atoms with Crippen molar-refractivity contribution in [3.8, 4) is 0 Å². The Morgan fingerprint density at radius 1 is 1.47 bits per heavy atom. The van der Waals surface area contributed by atoms with Crippen molar-refractivity contribution in [2.75, 3.05) is 6.54 Å². The second-order valence-corrected chi connectivity index (χ2v) is 3.13. The molecule has 2 nitrogen and oxygen atoms in total. The third-order valence-corrected chi connectivity index (χ3v) is 1.97. The Kier molecular flexibility index (Phi) is 4.54. The van der Waals surface area contributed by atoms with Crippen LogP contribution in [0, 0.1) is 5.82 Å². The van der Waals surface area contributed by atoms with Crippen molar-refractivity contribution in [3.05, 3.63) is 47.8 Å². The molecule has 0 saturated carbocycles. The first-order chi connectivity index (χ1) is 7.24. The van der Waals surface area contributed by atoms with Gasteiger partial charge in [-0.2, -0.15) is 0 Å². The van der Waals surface area contributed by atoms with Crippen LogP contribution in [0.5, 0.6) is 0 Å². The average Bonchev–Trinajstić information content (AvgIpc) is 2.21. The monoisotopic (exact) mass is 207 g/mol. The van der Waals surface area contributed by atoms with E-state index < -0.39 is 0 Å². The lowest BCUT2D eigenvalue weighted by atomic mass is 10.1. The van der Waals surface area contributed by atoms with Gasteiger partial charge in [0, 0.05) is 6.54 Å². The quantitative estimate of drug-likeness (QED) is 0.752. The van der Waals surface area contributed by atoms with Crippen LogP contribution in [-0.4, -0.2) is 12.5 Å². The Labute approximate surface area is 88.8 Å². The largest absolute Gasteiger partial charge is 0.352 e. The number of nitrogens with one attached hydrogen (secondary N) is 1. The van der Waals surface area contributed by atoms with Crippen molar-refractivity contribution >= 4 is 5.91 Å². The van der Waals surface area contributed by atoms with Gasteiger partial charge in [-0.1, -0.05) is 24.3 Å². The van der Waals surface area contributed by atoms with Crippen LogP contribution in [0.2, 0.25) is 0 Å². The maximum Gasteiger partial charge on any atom is 0.243 e. The molecule has 15 heavy (non-hydrogen) atoms. The molecule has 1 amide bonds. The molecule has 0 unspecified atom stereocenters. The van der Waals surface area contributed by atoms with Crippen LogP contribution in [0.15, 0.2) is 36.4 Å². The van der Waals surface area contributed by atoms with E-state index in [0.29, 0.717) is 18.5 Å². The van der Waals surface area contributed by atoms with Crippen LogP contribution in [0.4, 0.5) is 4.39 Å². The highest BCUT2D eigenvalue weighted by Crippen LogP contribution is 2.05. The van der Waals surface area contributed by atoms with Crippen molar-refractivity contribution in [1.82, 2.24) is 5.32 Å². The van der Waals surface area contributed by atoms with Gasteiger partial charge in [0.05, 0.1) is 0 Å². The summed E-state index contributed by atoms with van der Waals surface area (Å²) in [7, 11) is 0. The SMILES string of the molecule is CC=CC(=O)NCCc1ccccc1F. The number of carbonyl (C=O) groups excluding carboxylic acids is 1. The number of hydrogen-bond acceptors (Lipinski definition) is 1. The fourth-order valence-electron chi connectivity index (χ4n) is 1.23. The van der Waals surface area contributed by atoms with E-state index in [1.54, 1.807) is 31.2 Å². The maximum atomic E-state index is 13.1. The Balaban J connectivity index is 2.38. The summed E-state index contributed by atoms with van der Waals surface area (Å²) in [4.78, 5) is 11.0. The van der Waals surface area contributed by atoms with Gasteiger partial charge in [0.1, 0.15) is 5.82 Å². The van der Waals surface area contributed by atoms with Crippen LogP contribution in [0.3, 0.4) is 0 Å². The first kappa shape index (κ1) is 11.4. The average molecular weight is 207 g/mol. The summed E-state index contributed by atoms with van der Waals surface area (Å²) in [6.45, 7) is 2.22. The fraction of sp³-hybridized carbons (Fsp3) is 0.250. The molecule has 1 N–H and O–H groups in total. The normalized spacial score (nSPS) is 10.5. The molecule has 0 saturated heterocycles. The lowest BCUT2D eigenvalue weighted by Crippen LogP contribution is -2.23. The Morgan fingerprint density at radius 2 is 2.20 bits per heavy atom. The highest BCUT2D eigenvalue weighted by Gasteiger charge is 2.00. The lowest BCUT2D eigenvalue weighted by Gasteiger charge is -2.03. The lowest BCUT2D eigenvalue weighted by molar-refractivity contribution is -0.116. The van der Waals surface area contributed by atoms with Gasteiger partial charge in [-0.15, -0.1) is 0 Å². The number of rotatable bonds is 4. The van der Waals surface area contributed by atoms with Crippen molar-refractivity contribution in [1.29, 1.82) is 0 Å². The molecule has 0 aliphatic carbocycles. The van der Waals surface area contributed by atoms with Crippen LogP contribution < -0.4 is 5.32 Å². The third-order valence-electron chi connectivity index (χ3n) is 1.97. The second-order valence-electron chi connectivity index (χ2n) is 3.13. The van der Waals surface area contributed by atoms with Gasteiger partial charge in [-0.3, -0.25) is 4.79 Å². The molecule has 1 rings (SSSR count). The van der Waals surface area contributed by atoms with Crippen LogP contribution >= 0.6 is 0 Å². The first-order valence-corrected chi connectivity index (χ1v) is 4.88. The van der Waals surface area contributed by atoms with Crippen LogP contribution in [-0.2, 0) is 11.2 Å². The van der Waals surface area contributed by atoms with Gasteiger partial charge in [-0.05, 0) is 31.1 Å². The molecule has 0 radical (unpaired) electrons. The molecule has 0 heterocycles. The summed E-state index contributed by atoms with van der Waals surface area (Å²) in [5, 5.41) is 2.67. The van der Waals surface area contributed by atoms with E-state index in [-0.39, 0.29) is 11.7 Å². The molecule has 0 bridgehead atoms. The minimum Gasteiger partial charge on any atom is -0.352 e. The number of hydrogen-bond donors (Lipinski definition) is 1. The van der Waals surface area contributed by atoms with Gasteiger partial charge in [0.2, 0.25) is 5.91 Å². The minimum absolute atomic E-state index is 0.145. The van der Waals surface area contributed by atoms with Gasteiger partial charge in [-0.25, -0.2) is 4.39 Å². The van der Waals surface area contributed by atoms with Crippen molar-refractivity contribution < 1.29 is 9.18 Å². The molecule has 0 aliphatic rings. The summed E-state index contributed by atoms with van der Waals surface area (Å²) >= 11 is 0. The van der Waals surface area contributed by atoms with Crippen molar-refractivity contribution in [2.24, 2.45) is 0 Å². The van der Waals surface area contributed by atoms with Gasteiger partial charge >= 0.3 is 0 Å². The summed E-state index contributed by atoms with van der Waals surface area (Å²) in [6.07, 6.45) is 3.62. The Hall–Kier alpha value is -1.64. The molecule has 0 atom stereocenters. The number of carbonyl (C=O) groups is 1. The van der Waals surface area contributed by atoms with E-state index >= 15 is 0 Å². The van der Waals surface area contributed by atoms with E-state index in [0.717, 1.165) is 0 Å². The third kappa shape index (κ3) is 3.94. The smallest absolute Gasteiger partial charge is 0.243 e. The highest BCUT2D eigenvalue weighted by atomic mass is 19.1. The Bertz CT molecular complexity index is 360. The fourth-order valence-corrected chi connectivity index (χ4v) is 1.23. The number of halogens is 1. The van der Waals surface area contributed by atoms with Gasteiger partial charge < -0.3 is 5.32 Å². The van der Waals surface area contributed by atoms with Gasteiger partial charge in [0.25, 0.3) is 0 Å². The predicted molar refractivity (Wildman–Crippen MR) is 57.9 cm³/mol. The molecule has 0 aliphatic heterocycles. The van der Waals surface area contributed by atoms with Crippen molar-refractivity contribution in [2.45, 2.75) is 13.3 Å². The molecular weight excluding hydrogens is 193 g/mol. The molecule has 1 aromatic carbocycles. The zero-order valence-electron chi connectivity index (χ0n) is 8.66. The summed E-state index contributed by atoms with van der Waals surface area (Å²) in [5.41, 5.74) is 0.623. The number of benzene rings is 1. The van der Waals surface area contributed by atoms with Crippen molar-refractivity contribution in [3.63, 3.8) is 0 Å². The molecule has 0 fully saturated rings. The predicted octanol–water partition coefficient (Wildman–Crippen LogP) is 2.06. The van der Waals surface area contributed by atoms with E-state index in [4.69, 9.17) is 0 Å². The first-order valence-electron chi connectivity index (χ1n) is 4.88. The molecule has 1 aromatic rings. The molecule has 80 valence electrons. The number of allylic oxidation sites excluding steroid dienone is 1. The summed E-state index contributed by atoms with van der Waals surface area (Å²) < 4.78 is 13.1. The zero-order chi connectivity index (χ0) is 11.1. The molecular formula is C12H14FNO. The summed E-state index contributed by atoms with van der Waals surface area (Å²) in [6, 6.07) is 6.57. The van der Waals surface area contributed by atoms with Crippen LogP contribution in [0.25, 0.3) is 0 Å². The summed E-state index contributed by atoms with van der Waals surface area (Å²) in [5.74, 6) is -0.369. The molecule has 3 heteroatoms. The molecule has 0 spiro atoms. The highest BCUT2D eigenvalue weighted by molar-refractivity contribution is 5.87. The van der Waals surface area contributed by atoms with E-state index in [1.165, 1.54) is 12.1 Å². The van der Waals surface area contributed by atoms with E-state index in [2.05, 4.69) is 5.32 Å². The minimum atomic E-state index is -0.224. The zero-order valence-corrected chi connectivity index (χ0v) is 8.66. The standard InChI is InChI=1S/C12H14FNO/c1-2-5-12(15)14-9-8-10-6-3-4-7-11(10)13/h2-7H,8-9H2,1H3,(H,14,15). The molecule has 0 aromatic heterocycles. The number of amides is 1.